The number of benzene rings is 8. The number of fused-ring (bicyclic) bond motifs is 9. The van der Waals surface area contributed by atoms with Gasteiger partial charge in [-0.05, 0) is 112 Å². The summed E-state index contributed by atoms with van der Waals surface area (Å²) in [7, 11) is 0. The van der Waals surface area contributed by atoms with E-state index in [1.54, 1.807) is 0 Å². The van der Waals surface area contributed by atoms with Gasteiger partial charge in [-0.25, -0.2) is 0 Å². The monoisotopic (exact) mass is 550 g/mol. The molecule has 9 rings (SSSR count). The minimum Gasteiger partial charge on any atom is -0.0616 e. The molecule has 8 aromatic rings. The van der Waals surface area contributed by atoms with Crippen LogP contribution in [0.3, 0.4) is 0 Å². The summed E-state index contributed by atoms with van der Waals surface area (Å²) < 4.78 is 36.6. The van der Waals surface area contributed by atoms with Gasteiger partial charge >= 0.3 is 0 Å². The Morgan fingerprint density at radius 2 is 1.02 bits per heavy atom. The molecule has 0 amide bonds. The Hall–Kier alpha value is -5.20. The summed E-state index contributed by atoms with van der Waals surface area (Å²) in [4.78, 5) is 0. The van der Waals surface area contributed by atoms with Gasteiger partial charge in [0.2, 0.25) is 0 Å². The molecule has 43 heavy (non-hydrogen) atoms. The zero-order valence-electron chi connectivity index (χ0n) is 28.0. The fourth-order valence-corrected chi connectivity index (χ4v) is 7.17. The molecule has 8 aromatic carbocycles. The fourth-order valence-electron chi connectivity index (χ4n) is 7.17. The van der Waals surface area contributed by atoms with Crippen LogP contribution in [0.25, 0.3) is 76.5 Å². The molecule has 0 saturated carbocycles. The van der Waals surface area contributed by atoms with E-state index in [1.165, 1.54) is 32.7 Å². The highest BCUT2D eigenvalue weighted by Crippen LogP contribution is 2.52. The lowest BCUT2D eigenvalue weighted by molar-refractivity contribution is 0.661. The van der Waals surface area contributed by atoms with Crippen LogP contribution in [0.5, 0.6) is 0 Å². The van der Waals surface area contributed by atoms with Crippen molar-refractivity contribution >= 4 is 43.1 Å². The van der Waals surface area contributed by atoms with Gasteiger partial charge in [0.15, 0.2) is 0 Å². The van der Waals surface area contributed by atoms with Crippen LogP contribution in [0.2, 0.25) is 0 Å². The third-order valence-electron chi connectivity index (χ3n) is 9.47. The maximum absolute atomic E-state index is 9.16. The van der Waals surface area contributed by atoms with Gasteiger partial charge in [0.1, 0.15) is 0 Å². The average molecular weight is 551 g/mol. The van der Waals surface area contributed by atoms with E-state index < -0.39 is 0 Å². The largest absolute Gasteiger partial charge is 0.0629 e. The van der Waals surface area contributed by atoms with Gasteiger partial charge in [0.05, 0.1) is 5.48 Å². The van der Waals surface area contributed by atoms with Crippen molar-refractivity contribution < 1.29 is 5.48 Å². The molecular formula is C43H30. The Morgan fingerprint density at radius 1 is 0.419 bits per heavy atom. The van der Waals surface area contributed by atoms with E-state index in [0.717, 1.165) is 32.7 Å². The quantitative estimate of drug-likeness (QED) is 0.148. The molecule has 0 spiro atoms. The van der Waals surface area contributed by atoms with Gasteiger partial charge in [0.25, 0.3) is 0 Å². The van der Waals surface area contributed by atoms with E-state index in [-0.39, 0.29) is 29.6 Å². The van der Waals surface area contributed by atoms with E-state index in [4.69, 9.17) is 5.48 Å². The van der Waals surface area contributed by atoms with Crippen LogP contribution in [-0.2, 0) is 5.41 Å². The van der Waals surface area contributed by atoms with Crippen molar-refractivity contribution in [1.29, 1.82) is 0 Å². The lowest BCUT2D eigenvalue weighted by atomic mass is 9.81. The molecule has 202 valence electrons. The second kappa shape index (κ2) is 8.90. The normalized spacial score (nSPS) is 14.8. The lowest BCUT2D eigenvalue weighted by Crippen LogP contribution is -2.15. The molecule has 0 heteroatoms. The van der Waals surface area contributed by atoms with Crippen LogP contribution in [0, 0.1) is 0 Å². The summed E-state index contributed by atoms with van der Waals surface area (Å²) in [6, 6.07) is 41.8. The summed E-state index contributed by atoms with van der Waals surface area (Å²) in [6.45, 7) is 4.44. The molecule has 1 aliphatic carbocycles. The van der Waals surface area contributed by atoms with Gasteiger partial charge < -0.3 is 0 Å². The van der Waals surface area contributed by atoms with Gasteiger partial charge in [-0.2, -0.15) is 0 Å². The zero-order chi connectivity index (χ0) is 32.2. The first-order valence-electron chi connectivity index (χ1n) is 16.9. The maximum Gasteiger partial charge on any atom is 0.0629 e. The number of hydrogen-bond donors (Lipinski definition) is 0. The van der Waals surface area contributed by atoms with Crippen LogP contribution in [0.15, 0.2) is 145 Å². The maximum atomic E-state index is 9.16. The molecule has 0 N–H and O–H groups in total. The van der Waals surface area contributed by atoms with Gasteiger partial charge in [-0.1, -0.05) is 135 Å². The summed E-state index contributed by atoms with van der Waals surface area (Å²) in [5.74, 6) is 0. The average Bonchev–Trinajstić information content (AvgIpc) is 3.32. The molecule has 0 aliphatic heterocycles. The minimum absolute atomic E-state index is 0.0238. The smallest absolute Gasteiger partial charge is 0.0616 e. The Morgan fingerprint density at radius 3 is 1.81 bits per heavy atom. The zero-order valence-corrected chi connectivity index (χ0v) is 24.0. The Bertz CT molecular complexity index is 2620. The number of rotatable bonds is 2. The van der Waals surface area contributed by atoms with Crippen molar-refractivity contribution in [2.75, 3.05) is 0 Å². The Labute approximate surface area is 257 Å². The second-order valence-electron chi connectivity index (χ2n) is 12.3. The van der Waals surface area contributed by atoms with Crippen molar-refractivity contribution in [1.82, 2.24) is 0 Å². The molecule has 0 radical (unpaired) electrons. The predicted molar refractivity (Wildman–Crippen MR) is 185 cm³/mol. The summed E-state index contributed by atoms with van der Waals surface area (Å²) >= 11 is 0. The van der Waals surface area contributed by atoms with E-state index in [1.807, 2.05) is 30.3 Å². The minimum atomic E-state index is -0.275. The molecule has 0 atom stereocenters. The molecule has 0 saturated heterocycles. The fraction of sp³-hybridized carbons (Fsp3) is 0.0698. The predicted octanol–water partition coefficient (Wildman–Crippen LogP) is 11.9. The van der Waals surface area contributed by atoms with Crippen molar-refractivity contribution in [2.45, 2.75) is 19.3 Å². The van der Waals surface area contributed by atoms with Crippen LogP contribution in [0.4, 0.5) is 0 Å². The summed E-state index contributed by atoms with van der Waals surface area (Å²) in [5, 5.41) is 9.15. The van der Waals surface area contributed by atoms with E-state index >= 15 is 0 Å². The highest BCUT2D eigenvalue weighted by atomic mass is 14.4. The van der Waals surface area contributed by atoms with Crippen molar-refractivity contribution in [3.63, 3.8) is 0 Å². The summed E-state index contributed by atoms with van der Waals surface area (Å²) in [6.07, 6.45) is 0. The molecule has 1 aliphatic rings. The van der Waals surface area contributed by atoms with E-state index in [0.29, 0.717) is 22.3 Å². The second-order valence-corrected chi connectivity index (χ2v) is 12.3. The first kappa shape index (κ1) is 20.6. The molecule has 0 bridgehead atoms. The van der Waals surface area contributed by atoms with E-state index in [9.17, 15) is 0 Å². The first-order chi connectivity index (χ1) is 22.7. The SMILES string of the molecule is [2H]c1c([2H])c(-c2ccc3cc4ccc5ccccc5c4cc3c2)c([2H])c([2H])c1-c1ccc2c(c1)C(C)(C)c1ccc3ccccc3c1-2. The van der Waals surface area contributed by atoms with Gasteiger partial charge in [-0.15, -0.1) is 0 Å². The molecule has 0 aromatic heterocycles. The Balaban J connectivity index is 1.19. The third-order valence-corrected chi connectivity index (χ3v) is 9.47. The van der Waals surface area contributed by atoms with Crippen LogP contribution in [0.1, 0.15) is 30.5 Å². The lowest BCUT2D eigenvalue weighted by Gasteiger charge is -2.22. The third kappa shape index (κ3) is 3.63. The van der Waals surface area contributed by atoms with Crippen LogP contribution < -0.4 is 0 Å². The topological polar surface area (TPSA) is 0 Å². The molecule has 0 heterocycles. The molecule has 0 fully saturated rings. The molecule has 0 nitrogen and oxygen atoms in total. The van der Waals surface area contributed by atoms with Crippen molar-refractivity contribution in [2.24, 2.45) is 0 Å². The standard InChI is InChI=1S/C43H30/c1-43(2)40-22-20-30-8-4-6-10-37(30)42(40)38-21-19-33(26-41(38)43)28-13-11-27(12-14-28)31-16-17-32-23-34-18-15-29-7-3-5-9-36(29)39(34)25-35(32)24-31/h3-26H,1-2H3/i11D,12D,13D,14D. The first-order valence-corrected chi connectivity index (χ1v) is 14.9. The van der Waals surface area contributed by atoms with Crippen LogP contribution >= 0.6 is 0 Å². The summed E-state index contributed by atoms with van der Waals surface area (Å²) in [5.41, 5.74) is 6.56. The number of hydrogen-bond acceptors (Lipinski definition) is 0. The Kier molecular flexibility index (Phi) is 4.27. The highest BCUT2D eigenvalue weighted by Gasteiger charge is 2.36. The van der Waals surface area contributed by atoms with Gasteiger partial charge in [0, 0.05) is 5.41 Å². The molecular weight excluding hydrogens is 516 g/mol. The molecule has 0 unspecified atom stereocenters. The van der Waals surface area contributed by atoms with Crippen LogP contribution in [-0.4, -0.2) is 0 Å². The van der Waals surface area contributed by atoms with Gasteiger partial charge in [-0.3, -0.25) is 0 Å². The van der Waals surface area contributed by atoms with Crippen molar-refractivity contribution in [3.05, 3.63) is 157 Å². The van der Waals surface area contributed by atoms with Crippen molar-refractivity contribution in [3.8, 4) is 33.4 Å². The highest BCUT2D eigenvalue weighted by molar-refractivity contribution is 6.12. The van der Waals surface area contributed by atoms with E-state index in [2.05, 4.69) is 105 Å².